The lowest BCUT2D eigenvalue weighted by atomic mass is 9.93. The van der Waals surface area contributed by atoms with Crippen molar-refractivity contribution in [2.75, 3.05) is 13.1 Å². The van der Waals surface area contributed by atoms with Crippen molar-refractivity contribution >= 4 is 11.9 Å². The van der Waals surface area contributed by atoms with Crippen molar-refractivity contribution in [2.24, 2.45) is 17.8 Å². The molecule has 0 spiro atoms. The van der Waals surface area contributed by atoms with E-state index in [1.54, 1.807) is 0 Å². The molecule has 5 nitrogen and oxygen atoms in total. The standard InChI is InChI=1S/C14H26N2O3/c1-9(2)6-11(7-13(17)18)8-16-14(19)12-4-5-15-10(12)3/h9-12,15H,4-8H2,1-3H3,(H,16,19)(H,17,18). The monoisotopic (exact) mass is 270 g/mol. The number of carboxylic acid groups (broad SMARTS) is 1. The van der Waals surface area contributed by atoms with Gasteiger partial charge in [-0.3, -0.25) is 9.59 Å². The maximum Gasteiger partial charge on any atom is 0.303 e. The number of carbonyl (C=O) groups excluding carboxylic acids is 1. The molecule has 1 aliphatic rings. The van der Waals surface area contributed by atoms with Crippen molar-refractivity contribution in [3.8, 4) is 0 Å². The van der Waals surface area contributed by atoms with E-state index in [0.29, 0.717) is 12.5 Å². The Morgan fingerprint density at radius 1 is 1.42 bits per heavy atom. The van der Waals surface area contributed by atoms with Gasteiger partial charge in [-0.1, -0.05) is 13.8 Å². The number of aliphatic carboxylic acids is 1. The molecule has 0 bridgehead atoms. The van der Waals surface area contributed by atoms with Crippen LogP contribution in [0.4, 0.5) is 0 Å². The van der Waals surface area contributed by atoms with Crippen LogP contribution in [-0.4, -0.2) is 36.1 Å². The van der Waals surface area contributed by atoms with E-state index in [2.05, 4.69) is 24.5 Å². The van der Waals surface area contributed by atoms with Crippen molar-refractivity contribution in [1.29, 1.82) is 0 Å². The van der Waals surface area contributed by atoms with E-state index in [1.165, 1.54) is 0 Å². The zero-order valence-corrected chi connectivity index (χ0v) is 12.1. The Balaban J connectivity index is 2.41. The highest BCUT2D eigenvalue weighted by Gasteiger charge is 2.29. The van der Waals surface area contributed by atoms with Gasteiger partial charge in [0.25, 0.3) is 0 Å². The van der Waals surface area contributed by atoms with Crippen LogP contribution in [0.3, 0.4) is 0 Å². The average molecular weight is 270 g/mol. The molecule has 1 amide bonds. The van der Waals surface area contributed by atoms with Crippen LogP contribution in [0, 0.1) is 17.8 Å². The van der Waals surface area contributed by atoms with E-state index in [9.17, 15) is 9.59 Å². The molecular formula is C14H26N2O3. The van der Waals surface area contributed by atoms with Crippen LogP contribution in [0.2, 0.25) is 0 Å². The minimum atomic E-state index is -0.796. The Morgan fingerprint density at radius 2 is 2.11 bits per heavy atom. The number of nitrogens with one attached hydrogen (secondary N) is 2. The first-order chi connectivity index (χ1) is 8.90. The van der Waals surface area contributed by atoms with Crippen LogP contribution in [-0.2, 0) is 9.59 Å². The first kappa shape index (κ1) is 16.0. The van der Waals surface area contributed by atoms with E-state index < -0.39 is 5.97 Å². The predicted octanol–water partition coefficient (Wildman–Crippen LogP) is 1.24. The summed E-state index contributed by atoms with van der Waals surface area (Å²) in [5, 5.41) is 15.1. The highest BCUT2D eigenvalue weighted by molar-refractivity contribution is 5.79. The molecule has 0 radical (unpaired) electrons. The fraction of sp³-hybridized carbons (Fsp3) is 0.857. The molecule has 1 aliphatic heterocycles. The SMILES string of the molecule is CC(C)CC(CNC(=O)C1CCNC1C)CC(=O)O. The Morgan fingerprint density at radius 3 is 2.58 bits per heavy atom. The topological polar surface area (TPSA) is 78.4 Å². The summed E-state index contributed by atoms with van der Waals surface area (Å²) < 4.78 is 0. The lowest BCUT2D eigenvalue weighted by molar-refractivity contribution is -0.138. The molecule has 3 atom stereocenters. The quantitative estimate of drug-likeness (QED) is 0.650. The normalized spacial score (nSPS) is 24.4. The summed E-state index contributed by atoms with van der Waals surface area (Å²) in [6.45, 7) is 7.50. The van der Waals surface area contributed by atoms with Gasteiger partial charge in [-0.15, -0.1) is 0 Å². The molecule has 0 aromatic heterocycles. The molecule has 110 valence electrons. The maximum atomic E-state index is 12.0. The number of hydrogen-bond acceptors (Lipinski definition) is 3. The van der Waals surface area contributed by atoms with Gasteiger partial charge in [0.1, 0.15) is 0 Å². The maximum absolute atomic E-state index is 12.0. The van der Waals surface area contributed by atoms with Gasteiger partial charge in [-0.25, -0.2) is 0 Å². The van der Waals surface area contributed by atoms with Gasteiger partial charge in [0.05, 0.1) is 5.92 Å². The molecule has 0 aromatic rings. The molecule has 5 heteroatoms. The second-order valence-corrected chi connectivity index (χ2v) is 5.98. The number of rotatable bonds is 7. The summed E-state index contributed by atoms with van der Waals surface area (Å²) in [4.78, 5) is 22.9. The molecule has 0 aliphatic carbocycles. The van der Waals surface area contributed by atoms with Gasteiger partial charge in [0, 0.05) is 19.0 Å². The number of carbonyl (C=O) groups is 2. The number of amides is 1. The van der Waals surface area contributed by atoms with Gasteiger partial charge in [-0.2, -0.15) is 0 Å². The fourth-order valence-electron chi connectivity index (χ4n) is 2.75. The molecular weight excluding hydrogens is 244 g/mol. The smallest absolute Gasteiger partial charge is 0.303 e. The molecule has 1 heterocycles. The lowest BCUT2D eigenvalue weighted by Gasteiger charge is -2.20. The minimum Gasteiger partial charge on any atom is -0.481 e. The summed E-state index contributed by atoms with van der Waals surface area (Å²) in [5.74, 6) is -0.267. The largest absolute Gasteiger partial charge is 0.481 e. The molecule has 1 saturated heterocycles. The molecule has 3 N–H and O–H groups in total. The van der Waals surface area contributed by atoms with Crippen LogP contribution >= 0.6 is 0 Å². The first-order valence-electron chi connectivity index (χ1n) is 7.13. The van der Waals surface area contributed by atoms with Crippen molar-refractivity contribution < 1.29 is 14.7 Å². The van der Waals surface area contributed by atoms with Gasteiger partial charge >= 0.3 is 5.97 Å². The zero-order chi connectivity index (χ0) is 14.4. The van der Waals surface area contributed by atoms with Gasteiger partial charge < -0.3 is 15.7 Å². The molecule has 0 aromatic carbocycles. The van der Waals surface area contributed by atoms with Crippen molar-refractivity contribution in [3.63, 3.8) is 0 Å². The Labute approximate surface area is 115 Å². The fourth-order valence-corrected chi connectivity index (χ4v) is 2.75. The second kappa shape index (κ2) is 7.48. The molecule has 19 heavy (non-hydrogen) atoms. The number of hydrogen-bond donors (Lipinski definition) is 3. The third-order valence-corrected chi connectivity index (χ3v) is 3.69. The molecule has 3 unspecified atom stereocenters. The van der Waals surface area contributed by atoms with Crippen LogP contribution in [0.15, 0.2) is 0 Å². The minimum absolute atomic E-state index is 0.0181. The van der Waals surface area contributed by atoms with Crippen molar-refractivity contribution in [2.45, 2.75) is 46.1 Å². The van der Waals surface area contributed by atoms with Crippen LogP contribution in [0.25, 0.3) is 0 Å². The van der Waals surface area contributed by atoms with Gasteiger partial charge in [-0.05, 0) is 38.1 Å². The van der Waals surface area contributed by atoms with Crippen LogP contribution in [0.1, 0.15) is 40.0 Å². The van der Waals surface area contributed by atoms with Crippen LogP contribution < -0.4 is 10.6 Å². The highest BCUT2D eigenvalue weighted by Crippen LogP contribution is 2.17. The third-order valence-electron chi connectivity index (χ3n) is 3.69. The molecule has 1 rings (SSSR count). The summed E-state index contributed by atoms with van der Waals surface area (Å²) in [7, 11) is 0. The molecule has 0 saturated carbocycles. The predicted molar refractivity (Wildman–Crippen MR) is 73.8 cm³/mol. The van der Waals surface area contributed by atoms with E-state index in [1.807, 2.05) is 6.92 Å². The lowest BCUT2D eigenvalue weighted by Crippen LogP contribution is -2.39. The average Bonchev–Trinajstić information content (AvgIpc) is 2.70. The summed E-state index contributed by atoms with van der Waals surface area (Å²) >= 11 is 0. The Hall–Kier alpha value is -1.10. The highest BCUT2D eigenvalue weighted by atomic mass is 16.4. The third kappa shape index (κ3) is 5.59. The summed E-state index contributed by atoms with van der Waals surface area (Å²) in [6.07, 6.45) is 1.81. The number of carboxylic acids is 1. The van der Waals surface area contributed by atoms with E-state index in [-0.39, 0.29) is 30.2 Å². The van der Waals surface area contributed by atoms with E-state index in [4.69, 9.17) is 5.11 Å². The zero-order valence-electron chi connectivity index (χ0n) is 12.1. The van der Waals surface area contributed by atoms with Gasteiger partial charge in [0.2, 0.25) is 5.91 Å². The van der Waals surface area contributed by atoms with E-state index in [0.717, 1.165) is 19.4 Å². The molecule has 1 fully saturated rings. The Bertz CT molecular complexity index is 318. The second-order valence-electron chi connectivity index (χ2n) is 5.98. The Kier molecular flexibility index (Phi) is 6.28. The van der Waals surface area contributed by atoms with Gasteiger partial charge in [0.15, 0.2) is 0 Å². The van der Waals surface area contributed by atoms with Crippen LogP contribution in [0.5, 0.6) is 0 Å². The van der Waals surface area contributed by atoms with E-state index >= 15 is 0 Å². The van der Waals surface area contributed by atoms with Crippen molar-refractivity contribution in [1.82, 2.24) is 10.6 Å². The first-order valence-corrected chi connectivity index (χ1v) is 7.13. The summed E-state index contributed by atoms with van der Waals surface area (Å²) in [6, 6.07) is 0.211. The van der Waals surface area contributed by atoms with Crippen molar-refractivity contribution in [3.05, 3.63) is 0 Å². The summed E-state index contributed by atoms with van der Waals surface area (Å²) in [5.41, 5.74) is 0.